The molecule has 0 aromatic heterocycles. The van der Waals surface area contributed by atoms with Crippen LogP contribution in [0.5, 0.6) is 5.75 Å². The highest BCUT2D eigenvalue weighted by Crippen LogP contribution is 2.29. The predicted octanol–water partition coefficient (Wildman–Crippen LogP) is 4.97. The second-order valence-electron chi connectivity index (χ2n) is 5.11. The van der Waals surface area contributed by atoms with Crippen molar-refractivity contribution in [2.24, 2.45) is 0 Å². The van der Waals surface area contributed by atoms with Gasteiger partial charge in [-0.15, -0.1) is 0 Å². The molecule has 0 atom stereocenters. The highest BCUT2D eigenvalue weighted by molar-refractivity contribution is 5.78. The number of anilines is 1. The SMILES string of the molecule is COc1ccc(-c2ccccc2NCc2ccccc2)cc1. The zero-order valence-corrected chi connectivity index (χ0v) is 12.6. The van der Waals surface area contributed by atoms with Crippen LogP contribution in [-0.2, 0) is 6.54 Å². The van der Waals surface area contributed by atoms with Crippen molar-refractivity contribution in [1.29, 1.82) is 0 Å². The van der Waals surface area contributed by atoms with Gasteiger partial charge in [-0.05, 0) is 29.3 Å². The topological polar surface area (TPSA) is 21.3 Å². The highest BCUT2D eigenvalue weighted by Gasteiger charge is 2.04. The molecule has 3 rings (SSSR count). The molecule has 0 aliphatic rings. The molecule has 0 heterocycles. The Labute approximate surface area is 131 Å². The van der Waals surface area contributed by atoms with E-state index in [2.05, 4.69) is 66.0 Å². The van der Waals surface area contributed by atoms with Crippen LogP contribution in [0.2, 0.25) is 0 Å². The molecule has 0 bridgehead atoms. The molecule has 2 heteroatoms. The first-order valence-electron chi connectivity index (χ1n) is 7.38. The van der Waals surface area contributed by atoms with Crippen LogP contribution in [-0.4, -0.2) is 7.11 Å². The summed E-state index contributed by atoms with van der Waals surface area (Å²) in [6, 6.07) is 26.9. The molecule has 0 aliphatic heterocycles. The molecule has 0 spiro atoms. The largest absolute Gasteiger partial charge is 0.497 e. The average Bonchev–Trinajstić information content (AvgIpc) is 2.61. The fourth-order valence-electron chi connectivity index (χ4n) is 2.45. The molecule has 0 amide bonds. The lowest BCUT2D eigenvalue weighted by Crippen LogP contribution is -2.00. The van der Waals surface area contributed by atoms with E-state index in [1.807, 2.05) is 18.2 Å². The minimum atomic E-state index is 0.814. The van der Waals surface area contributed by atoms with Gasteiger partial charge in [0.05, 0.1) is 7.11 Å². The van der Waals surface area contributed by atoms with E-state index in [9.17, 15) is 0 Å². The van der Waals surface area contributed by atoms with Gasteiger partial charge in [-0.2, -0.15) is 0 Å². The fourth-order valence-corrected chi connectivity index (χ4v) is 2.45. The predicted molar refractivity (Wildman–Crippen MR) is 92.2 cm³/mol. The Morgan fingerprint density at radius 1 is 0.773 bits per heavy atom. The van der Waals surface area contributed by atoms with Gasteiger partial charge in [0.15, 0.2) is 0 Å². The lowest BCUT2D eigenvalue weighted by Gasteiger charge is -2.13. The Balaban J connectivity index is 1.83. The van der Waals surface area contributed by atoms with Gasteiger partial charge in [0.1, 0.15) is 5.75 Å². The van der Waals surface area contributed by atoms with E-state index in [0.29, 0.717) is 0 Å². The van der Waals surface area contributed by atoms with Gasteiger partial charge in [0.2, 0.25) is 0 Å². The maximum atomic E-state index is 5.22. The fraction of sp³-hybridized carbons (Fsp3) is 0.100. The number of hydrogen-bond donors (Lipinski definition) is 1. The zero-order valence-electron chi connectivity index (χ0n) is 12.6. The van der Waals surface area contributed by atoms with Crippen molar-refractivity contribution in [2.45, 2.75) is 6.54 Å². The summed E-state index contributed by atoms with van der Waals surface area (Å²) in [6.07, 6.45) is 0. The Bertz CT molecular complexity index is 720. The molecular weight excluding hydrogens is 270 g/mol. The van der Waals surface area contributed by atoms with Gasteiger partial charge in [0, 0.05) is 17.8 Å². The van der Waals surface area contributed by atoms with E-state index >= 15 is 0 Å². The summed E-state index contributed by atoms with van der Waals surface area (Å²) in [5, 5.41) is 3.53. The maximum Gasteiger partial charge on any atom is 0.118 e. The third-order valence-electron chi connectivity index (χ3n) is 3.65. The second-order valence-corrected chi connectivity index (χ2v) is 5.11. The van der Waals surface area contributed by atoms with Crippen molar-refractivity contribution in [1.82, 2.24) is 0 Å². The first kappa shape index (κ1) is 14.2. The smallest absolute Gasteiger partial charge is 0.118 e. The van der Waals surface area contributed by atoms with Crippen molar-refractivity contribution in [3.8, 4) is 16.9 Å². The van der Waals surface area contributed by atoms with Gasteiger partial charge >= 0.3 is 0 Å². The number of nitrogens with one attached hydrogen (secondary N) is 1. The summed E-state index contributed by atoms with van der Waals surface area (Å²) in [5.41, 5.74) is 4.78. The summed E-state index contributed by atoms with van der Waals surface area (Å²) in [4.78, 5) is 0. The molecule has 1 N–H and O–H groups in total. The van der Waals surface area contributed by atoms with Crippen LogP contribution in [0.15, 0.2) is 78.9 Å². The molecule has 110 valence electrons. The number of ether oxygens (including phenoxy) is 1. The Morgan fingerprint density at radius 3 is 2.18 bits per heavy atom. The molecule has 0 saturated heterocycles. The van der Waals surface area contributed by atoms with Gasteiger partial charge < -0.3 is 10.1 Å². The van der Waals surface area contributed by atoms with E-state index in [-0.39, 0.29) is 0 Å². The monoisotopic (exact) mass is 289 g/mol. The summed E-state index contributed by atoms with van der Waals surface area (Å²) in [5.74, 6) is 0.874. The van der Waals surface area contributed by atoms with Gasteiger partial charge in [0.25, 0.3) is 0 Å². The summed E-state index contributed by atoms with van der Waals surface area (Å²) < 4.78 is 5.22. The molecule has 0 unspecified atom stereocenters. The number of para-hydroxylation sites is 1. The van der Waals surface area contributed by atoms with E-state index in [1.54, 1.807) is 7.11 Å². The first-order chi connectivity index (χ1) is 10.9. The van der Waals surface area contributed by atoms with Crippen LogP contribution >= 0.6 is 0 Å². The van der Waals surface area contributed by atoms with Gasteiger partial charge in [-0.3, -0.25) is 0 Å². The Kier molecular flexibility index (Phi) is 4.40. The molecule has 22 heavy (non-hydrogen) atoms. The Hall–Kier alpha value is -2.74. The van der Waals surface area contributed by atoms with Crippen LogP contribution in [0.1, 0.15) is 5.56 Å². The van der Waals surface area contributed by atoms with E-state index < -0.39 is 0 Å². The summed E-state index contributed by atoms with van der Waals surface area (Å²) in [7, 11) is 1.68. The third kappa shape index (κ3) is 3.29. The molecule has 3 aromatic carbocycles. The number of methoxy groups -OCH3 is 1. The van der Waals surface area contributed by atoms with Crippen molar-refractivity contribution in [3.05, 3.63) is 84.4 Å². The van der Waals surface area contributed by atoms with Crippen molar-refractivity contribution in [2.75, 3.05) is 12.4 Å². The summed E-state index contributed by atoms with van der Waals surface area (Å²) in [6.45, 7) is 0.814. The lowest BCUT2D eigenvalue weighted by atomic mass is 10.0. The standard InChI is InChI=1S/C20H19NO/c1-22-18-13-11-17(12-14-18)19-9-5-6-10-20(19)21-15-16-7-3-2-4-8-16/h2-14,21H,15H2,1H3. The zero-order chi connectivity index (χ0) is 15.2. The number of benzene rings is 3. The molecule has 0 radical (unpaired) electrons. The molecular formula is C20H19NO. The van der Waals surface area contributed by atoms with Crippen LogP contribution in [0.4, 0.5) is 5.69 Å². The molecule has 0 fully saturated rings. The van der Waals surface area contributed by atoms with Crippen LogP contribution in [0.25, 0.3) is 11.1 Å². The highest BCUT2D eigenvalue weighted by atomic mass is 16.5. The first-order valence-corrected chi connectivity index (χ1v) is 7.38. The van der Waals surface area contributed by atoms with Gasteiger partial charge in [-0.25, -0.2) is 0 Å². The molecule has 2 nitrogen and oxygen atoms in total. The third-order valence-corrected chi connectivity index (χ3v) is 3.65. The number of hydrogen-bond acceptors (Lipinski definition) is 2. The maximum absolute atomic E-state index is 5.22. The molecule has 3 aromatic rings. The van der Waals surface area contributed by atoms with E-state index in [4.69, 9.17) is 4.74 Å². The second kappa shape index (κ2) is 6.81. The van der Waals surface area contributed by atoms with Crippen LogP contribution < -0.4 is 10.1 Å². The molecule has 0 aliphatic carbocycles. The van der Waals surface area contributed by atoms with Gasteiger partial charge in [-0.1, -0.05) is 60.7 Å². The van der Waals surface area contributed by atoms with Crippen LogP contribution in [0, 0.1) is 0 Å². The van der Waals surface area contributed by atoms with Crippen LogP contribution in [0.3, 0.4) is 0 Å². The Morgan fingerprint density at radius 2 is 1.45 bits per heavy atom. The lowest BCUT2D eigenvalue weighted by molar-refractivity contribution is 0.415. The normalized spacial score (nSPS) is 10.2. The van der Waals surface area contributed by atoms with E-state index in [1.165, 1.54) is 16.7 Å². The summed E-state index contributed by atoms with van der Waals surface area (Å²) >= 11 is 0. The quantitative estimate of drug-likeness (QED) is 0.715. The van der Waals surface area contributed by atoms with Crippen molar-refractivity contribution >= 4 is 5.69 Å². The van der Waals surface area contributed by atoms with E-state index in [0.717, 1.165) is 18.0 Å². The average molecular weight is 289 g/mol. The minimum Gasteiger partial charge on any atom is -0.497 e. The van der Waals surface area contributed by atoms with Crippen molar-refractivity contribution < 1.29 is 4.74 Å². The number of rotatable bonds is 5. The minimum absolute atomic E-state index is 0.814. The van der Waals surface area contributed by atoms with Crippen molar-refractivity contribution in [3.63, 3.8) is 0 Å². The molecule has 0 saturated carbocycles.